The van der Waals surface area contributed by atoms with E-state index in [4.69, 9.17) is 0 Å². The number of hydrogen-bond donors (Lipinski definition) is 0. The van der Waals surface area contributed by atoms with Crippen molar-refractivity contribution in [3.63, 3.8) is 0 Å². The minimum absolute atomic E-state index is 0.789. The largest absolute Gasteiger partial charge is 0.369 e. The summed E-state index contributed by atoms with van der Waals surface area (Å²) in [5.74, 6) is 1.20. The highest BCUT2D eigenvalue weighted by Gasteiger charge is 2.28. The molecule has 0 bridgehead atoms. The van der Waals surface area contributed by atoms with E-state index in [0.717, 1.165) is 66.7 Å². The van der Waals surface area contributed by atoms with Crippen molar-refractivity contribution in [3.05, 3.63) is 48.0 Å². The number of nitrogens with zero attached hydrogens (tertiary/aromatic N) is 5. The zero-order valence-electron chi connectivity index (χ0n) is 19.7. The number of benzene rings is 2. The van der Waals surface area contributed by atoms with Crippen molar-refractivity contribution < 1.29 is 0 Å². The first kappa shape index (κ1) is 22.2. The third-order valence-corrected chi connectivity index (χ3v) is 9.69. The Hall–Kier alpha value is -2.27. The minimum Gasteiger partial charge on any atom is -0.369 e. The van der Waals surface area contributed by atoms with Gasteiger partial charge in [-0.1, -0.05) is 24.1 Å². The summed E-state index contributed by atoms with van der Waals surface area (Å²) in [6, 6.07) is 18.0. The van der Waals surface area contributed by atoms with Crippen LogP contribution >= 0.6 is 23.9 Å². The van der Waals surface area contributed by atoms with Gasteiger partial charge in [-0.3, -0.25) is 0 Å². The van der Waals surface area contributed by atoms with Gasteiger partial charge >= 0.3 is 0 Å². The fourth-order valence-corrected chi connectivity index (χ4v) is 7.30. The zero-order valence-corrected chi connectivity index (χ0v) is 21.4. The molecule has 3 heterocycles. The highest BCUT2D eigenvalue weighted by atomic mass is 32.2. The molecule has 6 rings (SSSR count). The molecule has 3 aromatic rings. The Morgan fingerprint density at radius 3 is 2.41 bits per heavy atom. The number of hydrogen-bond acceptors (Lipinski definition) is 6. The van der Waals surface area contributed by atoms with Crippen LogP contribution in [-0.2, 0) is 6.54 Å². The summed E-state index contributed by atoms with van der Waals surface area (Å²) < 4.78 is 7.26. The van der Waals surface area contributed by atoms with Gasteiger partial charge in [0, 0.05) is 67.0 Å². The van der Waals surface area contributed by atoms with Gasteiger partial charge in [-0.05, 0) is 74.0 Å². The van der Waals surface area contributed by atoms with Crippen LogP contribution in [0.25, 0.3) is 22.2 Å². The van der Waals surface area contributed by atoms with Gasteiger partial charge < -0.3 is 13.8 Å². The van der Waals surface area contributed by atoms with Crippen LogP contribution in [0, 0.1) is 11.3 Å². The number of nitriles is 1. The Labute approximate surface area is 211 Å². The van der Waals surface area contributed by atoms with Crippen LogP contribution in [0.5, 0.6) is 0 Å². The summed E-state index contributed by atoms with van der Waals surface area (Å²) in [5, 5.41) is 12.1. The van der Waals surface area contributed by atoms with Gasteiger partial charge in [0.25, 0.3) is 0 Å². The third-order valence-electron chi connectivity index (χ3n) is 7.08. The summed E-state index contributed by atoms with van der Waals surface area (Å²) in [6.07, 6.45) is 4.02. The molecule has 1 aromatic heterocycles. The number of fused-ring (bicyclic) bond motifs is 1. The van der Waals surface area contributed by atoms with Crippen molar-refractivity contribution >= 4 is 46.2 Å². The summed E-state index contributed by atoms with van der Waals surface area (Å²) in [6.45, 7) is 8.48. The topological polar surface area (TPSA) is 38.4 Å². The monoisotopic (exact) mass is 489 g/mol. The van der Waals surface area contributed by atoms with E-state index in [-0.39, 0.29) is 0 Å². The molecule has 7 heteroatoms. The van der Waals surface area contributed by atoms with E-state index in [0.29, 0.717) is 0 Å². The van der Waals surface area contributed by atoms with Gasteiger partial charge in [-0.2, -0.15) is 5.26 Å². The first-order valence-corrected chi connectivity index (χ1v) is 14.3. The number of piperazine rings is 1. The van der Waals surface area contributed by atoms with E-state index in [1.165, 1.54) is 41.9 Å². The Balaban J connectivity index is 1.31. The van der Waals surface area contributed by atoms with E-state index in [1.54, 1.807) is 0 Å². The van der Waals surface area contributed by atoms with Crippen LogP contribution in [0.2, 0.25) is 0 Å². The molecule has 0 radical (unpaired) electrons. The maximum absolute atomic E-state index is 10.1. The predicted molar refractivity (Wildman–Crippen MR) is 147 cm³/mol. The van der Waals surface area contributed by atoms with Crippen LogP contribution < -0.4 is 9.21 Å². The van der Waals surface area contributed by atoms with Gasteiger partial charge in [-0.25, -0.2) is 4.31 Å². The summed E-state index contributed by atoms with van der Waals surface area (Å²) in [7, 11) is 0. The summed E-state index contributed by atoms with van der Waals surface area (Å²) in [4.78, 5) is 2.50. The average molecular weight is 490 g/mol. The first-order chi connectivity index (χ1) is 16.7. The molecule has 0 amide bonds. The van der Waals surface area contributed by atoms with Crippen molar-refractivity contribution in [1.29, 1.82) is 5.26 Å². The number of anilines is 2. The molecule has 3 fully saturated rings. The molecule has 1 saturated carbocycles. The Kier molecular flexibility index (Phi) is 6.15. The molecular weight excluding hydrogens is 458 g/mol. The van der Waals surface area contributed by atoms with Crippen LogP contribution in [0.4, 0.5) is 11.4 Å². The minimum atomic E-state index is 0.789. The molecule has 5 nitrogen and oxygen atoms in total. The second-order valence-electron chi connectivity index (χ2n) is 9.34. The van der Waals surface area contributed by atoms with E-state index in [2.05, 4.69) is 85.5 Å². The van der Waals surface area contributed by atoms with Crippen molar-refractivity contribution in [1.82, 2.24) is 8.87 Å². The Morgan fingerprint density at radius 1 is 1.00 bits per heavy atom. The van der Waals surface area contributed by atoms with Gasteiger partial charge in [-0.15, -0.1) is 0 Å². The van der Waals surface area contributed by atoms with E-state index in [9.17, 15) is 5.26 Å². The van der Waals surface area contributed by atoms with Gasteiger partial charge in [0.1, 0.15) is 6.07 Å². The van der Waals surface area contributed by atoms with Gasteiger partial charge in [0.2, 0.25) is 0 Å². The lowest BCUT2D eigenvalue weighted by molar-refractivity contribution is 0.429. The average Bonchev–Trinajstić information content (AvgIpc) is 3.41. The molecule has 2 aliphatic heterocycles. The van der Waals surface area contributed by atoms with E-state index >= 15 is 0 Å². The van der Waals surface area contributed by atoms with Crippen molar-refractivity contribution in [2.45, 2.75) is 38.0 Å². The SMILES string of the molecule is CCn1c(-c2ccc(N3CCCS3)cc2)c(C#N)c2ccc(N3CCN(SC4CC4)CC3)cc21. The molecule has 2 saturated heterocycles. The van der Waals surface area contributed by atoms with Gasteiger partial charge in [0.05, 0.1) is 16.8 Å². The summed E-state index contributed by atoms with van der Waals surface area (Å²) in [5.41, 5.74) is 6.65. The van der Waals surface area contributed by atoms with Crippen LogP contribution in [0.3, 0.4) is 0 Å². The third kappa shape index (κ3) is 4.17. The van der Waals surface area contributed by atoms with Crippen LogP contribution in [-0.4, -0.2) is 52.6 Å². The fraction of sp³-hybridized carbons (Fsp3) is 0.444. The molecule has 2 aromatic carbocycles. The lowest BCUT2D eigenvalue weighted by atomic mass is 10.1. The maximum Gasteiger partial charge on any atom is 0.102 e. The first-order valence-electron chi connectivity index (χ1n) is 12.5. The van der Waals surface area contributed by atoms with E-state index < -0.39 is 0 Å². The Morgan fingerprint density at radius 2 is 1.76 bits per heavy atom. The molecule has 0 spiro atoms. The quantitative estimate of drug-likeness (QED) is 0.396. The van der Waals surface area contributed by atoms with Crippen molar-refractivity contribution in [2.75, 3.05) is 47.7 Å². The van der Waals surface area contributed by atoms with Crippen molar-refractivity contribution in [2.24, 2.45) is 0 Å². The number of aromatic nitrogens is 1. The fourth-order valence-electron chi connectivity index (χ4n) is 5.15. The Bertz CT molecular complexity index is 1210. The van der Waals surface area contributed by atoms with Gasteiger partial charge in [0.15, 0.2) is 0 Å². The molecule has 34 heavy (non-hydrogen) atoms. The maximum atomic E-state index is 10.1. The second kappa shape index (κ2) is 9.41. The zero-order chi connectivity index (χ0) is 23.1. The summed E-state index contributed by atoms with van der Waals surface area (Å²) >= 11 is 3.97. The molecular formula is C27H31N5S2. The molecule has 0 N–H and O–H groups in total. The van der Waals surface area contributed by atoms with Crippen molar-refractivity contribution in [3.8, 4) is 17.3 Å². The highest BCUT2D eigenvalue weighted by Crippen LogP contribution is 2.39. The molecule has 0 unspecified atom stereocenters. The predicted octanol–water partition coefficient (Wildman–Crippen LogP) is 5.99. The second-order valence-corrected chi connectivity index (χ2v) is 11.8. The highest BCUT2D eigenvalue weighted by molar-refractivity contribution is 8.00. The van der Waals surface area contributed by atoms with E-state index in [1.807, 2.05) is 11.9 Å². The van der Waals surface area contributed by atoms with Crippen LogP contribution in [0.15, 0.2) is 42.5 Å². The lowest BCUT2D eigenvalue weighted by Crippen LogP contribution is -2.43. The standard InChI is InChI=1S/C27H31N5S2/c1-2-31-26-18-22(29-13-15-30(16-14-29)34-23-9-10-23)8-11-24(26)25(19-28)27(31)20-4-6-21(7-5-20)32-12-3-17-33-32/h4-8,11,18,23H,2-3,9-10,12-17H2,1H3. The normalized spacial score (nSPS) is 19.2. The smallest absolute Gasteiger partial charge is 0.102 e. The number of rotatable bonds is 6. The molecule has 176 valence electrons. The number of aryl methyl sites for hydroxylation is 1. The molecule has 0 atom stereocenters. The molecule has 3 aliphatic rings. The lowest BCUT2D eigenvalue weighted by Gasteiger charge is -2.35. The van der Waals surface area contributed by atoms with Crippen LogP contribution in [0.1, 0.15) is 31.7 Å². The molecule has 1 aliphatic carbocycles.